The van der Waals surface area contributed by atoms with Crippen molar-refractivity contribution in [1.29, 1.82) is 0 Å². The fourth-order valence-corrected chi connectivity index (χ4v) is 4.97. The van der Waals surface area contributed by atoms with Crippen LogP contribution in [0.25, 0.3) is 0 Å². The van der Waals surface area contributed by atoms with Gasteiger partial charge in [0.2, 0.25) is 0 Å². The van der Waals surface area contributed by atoms with E-state index in [0.29, 0.717) is 12.5 Å². The molecule has 0 spiro atoms. The highest BCUT2D eigenvalue weighted by atomic mass is 32.1. The van der Waals surface area contributed by atoms with Gasteiger partial charge in [0.1, 0.15) is 0 Å². The Morgan fingerprint density at radius 3 is 2.57 bits per heavy atom. The van der Waals surface area contributed by atoms with Gasteiger partial charge in [-0.2, -0.15) is 0 Å². The number of rotatable bonds is 9. The van der Waals surface area contributed by atoms with Crippen LogP contribution < -0.4 is 0 Å². The number of aryl methyl sites for hydroxylation is 1. The molecule has 0 saturated heterocycles. The van der Waals surface area contributed by atoms with Gasteiger partial charge in [0.25, 0.3) is 0 Å². The average Bonchev–Trinajstić information content (AvgIpc) is 3.11. The van der Waals surface area contributed by atoms with Gasteiger partial charge in [-0.3, -0.25) is 4.98 Å². The number of aliphatic hydroxyl groups excluding tert-OH is 1. The van der Waals surface area contributed by atoms with Crippen LogP contribution in [0.1, 0.15) is 78.2 Å². The molecule has 0 bridgehead atoms. The number of hydrogen-bond acceptors (Lipinski definition) is 5. The number of ether oxygens (including phenoxy) is 1. The van der Waals surface area contributed by atoms with Gasteiger partial charge in [-0.15, -0.1) is 11.3 Å². The van der Waals surface area contributed by atoms with Crippen molar-refractivity contribution in [1.82, 2.24) is 9.97 Å². The quantitative estimate of drug-likeness (QED) is 0.428. The van der Waals surface area contributed by atoms with E-state index in [2.05, 4.69) is 62.2 Å². The summed E-state index contributed by atoms with van der Waals surface area (Å²) in [6, 6.07) is 15.0. The molecule has 160 valence electrons. The van der Waals surface area contributed by atoms with Gasteiger partial charge in [0.15, 0.2) is 6.29 Å². The van der Waals surface area contributed by atoms with Crippen molar-refractivity contribution in [2.75, 3.05) is 6.61 Å². The summed E-state index contributed by atoms with van der Waals surface area (Å²) in [5.74, 6) is 0.993. The number of hydrogen-bond donors (Lipinski definition) is 1. The minimum atomic E-state index is -0.887. The molecule has 3 unspecified atom stereocenters. The molecule has 0 aliphatic heterocycles. The molecule has 3 aromatic rings. The van der Waals surface area contributed by atoms with Crippen LogP contribution >= 0.6 is 11.3 Å². The summed E-state index contributed by atoms with van der Waals surface area (Å²) in [6.45, 7) is 11.0. The maximum Gasteiger partial charge on any atom is 0.192 e. The Morgan fingerprint density at radius 1 is 1.10 bits per heavy atom. The smallest absolute Gasteiger partial charge is 0.192 e. The van der Waals surface area contributed by atoms with Crippen LogP contribution in [-0.4, -0.2) is 21.7 Å². The third-order valence-electron chi connectivity index (χ3n) is 5.34. The summed E-state index contributed by atoms with van der Waals surface area (Å²) >= 11 is 1.55. The predicted molar refractivity (Wildman–Crippen MR) is 123 cm³/mol. The summed E-state index contributed by atoms with van der Waals surface area (Å²) in [4.78, 5) is 10.1. The van der Waals surface area contributed by atoms with Gasteiger partial charge in [0, 0.05) is 30.3 Å². The van der Waals surface area contributed by atoms with Gasteiger partial charge in [-0.1, -0.05) is 51.1 Å². The van der Waals surface area contributed by atoms with E-state index in [1.165, 1.54) is 11.1 Å². The molecule has 0 saturated carbocycles. The molecular weight excluding hydrogens is 392 g/mol. The standard InChI is InChI=1S/C25H32N2O2S/c1-6-29-25(28)23-18(5)27-24(30-23)17(4)14-19-10-9-11-20(15-19)22(16(2)3)21-12-7-8-13-26-21/h7-13,15-17,22,25,28H,6,14H2,1-5H3. The fraction of sp³-hybridized carbons (Fsp3) is 0.440. The molecule has 0 fully saturated rings. The first kappa shape index (κ1) is 22.6. The first-order valence-corrected chi connectivity index (χ1v) is 11.5. The molecule has 1 N–H and O–H groups in total. The summed E-state index contributed by atoms with van der Waals surface area (Å²) in [5, 5.41) is 11.2. The average molecular weight is 425 g/mol. The number of pyridine rings is 1. The molecule has 3 atom stereocenters. The van der Waals surface area contributed by atoms with E-state index in [-0.39, 0.29) is 11.8 Å². The van der Waals surface area contributed by atoms with Crippen LogP contribution in [-0.2, 0) is 11.2 Å². The molecule has 0 radical (unpaired) electrons. The lowest BCUT2D eigenvalue weighted by Crippen LogP contribution is -2.11. The maximum absolute atomic E-state index is 10.2. The Balaban J connectivity index is 1.80. The molecule has 1 aromatic carbocycles. The first-order valence-electron chi connectivity index (χ1n) is 10.7. The Kier molecular flexibility index (Phi) is 7.75. The molecule has 0 amide bonds. The van der Waals surface area contributed by atoms with Crippen molar-refractivity contribution in [3.05, 3.63) is 81.1 Å². The van der Waals surface area contributed by atoms with E-state index >= 15 is 0 Å². The number of benzene rings is 1. The summed E-state index contributed by atoms with van der Waals surface area (Å²) in [5.41, 5.74) is 4.56. The number of nitrogens with zero attached hydrogens (tertiary/aromatic N) is 2. The zero-order valence-corrected chi connectivity index (χ0v) is 19.3. The normalized spacial score (nSPS) is 14.6. The summed E-state index contributed by atoms with van der Waals surface area (Å²) < 4.78 is 5.35. The topological polar surface area (TPSA) is 55.2 Å². The molecule has 2 heterocycles. The van der Waals surface area contributed by atoms with Crippen LogP contribution in [0, 0.1) is 12.8 Å². The van der Waals surface area contributed by atoms with Crippen molar-refractivity contribution in [2.24, 2.45) is 5.92 Å². The highest BCUT2D eigenvalue weighted by Gasteiger charge is 2.22. The monoisotopic (exact) mass is 424 g/mol. The number of thiazole rings is 1. The second-order valence-electron chi connectivity index (χ2n) is 8.14. The molecule has 5 heteroatoms. The minimum Gasteiger partial charge on any atom is -0.364 e. The van der Waals surface area contributed by atoms with Crippen LogP contribution in [0.4, 0.5) is 0 Å². The Bertz CT molecular complexity index is 939. The zero-order valence-electron chi connectivity index (χ0n) is 18.5. The lowest BCUT2D eigenvalue weighted by atomic mass is 9.84. The van der Waals surface area contributed by atoms with Crippen LogP contribution in [0.2, 0.25) is 0 Å². The molecule has 0 aliphatic rings. The highest BCUT2D eigenvalue weighted by molar-refractivity contribution is 7.11. The van der Waals surface area contributed by atoms with Crippen molar-refractivity contribution in [3.63, 3.8) is 0 Å². The minimum absolute atomic E-state index is 0.263. The second kappa shape index (κ2) is 10.3. The van der Waals surface area contributed by atoms with Gasteiger partial charge in [-0.05, 0) is 49.4 Å². The SMILES string of the molecule is CCOC(O)c1sc(C(C)Cc2cccc(C(c3ccccn3)C(C)C)c2)nc1C. The van der Waals surface area contributed by atoms with E-state index in [0.717, 1.165) is 27.7 Å². The molecule has 30 heavy (non-hydrogen) atoms. The van der Waals surface area contributed by atoms with Gasteiger partial charge in [-0.25, -0.2) is 4.98 Å². The third-order valence-corrected chi connectivity index (χ3v) is 6.76. The largest absolute Gasteiger partial charge is 0.364 e. The Morgan fingerprint density at radius 2 is 1.90 bits per heavy atom. The van der Waals surface area contributed by atoms with Crippen molar-refractivity contribution in [3.8, 4) is 0 Å². The maximum atomic E-state index is 10.2. The highest BCUT2D eigenvalue weighted by Crippen LogP contribution is 2.34. The molecule has 0 aliphatic carbocycles. The van der Waals surface area contributed by atoms with Gasteiger partial charge < -0.3 is 9.84 Å². The molecule has 3 rings (SSSR count). The first-order chi connectivity index (χ1) is 14.4. The fourth-order valence-electron chi connectivity index (χ4n) is 3.91. The molecule has 2 aromatic heterocycles. The van der Waals surface area contributed by atoms with E-state index < -0.39 is 6.29 Å². The van der Waals surface area contributed by atoms with Gasteiger partial charge >= 0.3 is 0 Å². The zero-order chi connectivity index (χ0) is 21.7. The van der Waals surface area contributed by atoms with E-state index in [1.807, 2.05) is 26.1 Å². The molecular formula is C25H32N2O2S. The lowest BCUT2D eigenvalue weighted by Gasteiger charge is -2.22. The van der Waals surface area contributed by atoms with Gasteiger partial charge in [0.05, 0.1) is 15.6 Å². The van der Waals surface area contributed by atoms with Crippen molar-refractivity contribution >= 4 is 11.3 Å². The predicted octanol–water partition coefficient (Wildman–Crippen LogP) is 6.01. The van der Waals surface area contributed by atoms with Crippen molar-refractivity contribution in [2.45, 2.75) is 59.2 Å². The van der Waals surface area contributed by atoms with Crippen LogP contribution in [0.15, 0.2) is 48.7 Å². The van der Waals surface area contributed by atoms with Crippen LogP contribution in [0.3, 0.4) is 0 Å². The third kappa shape index (κ3) is 5.34. The summed E-state index contributed by atoms with van der Waals surface area (Å²) in [6.07, 6.45) is 1.88. The summed E-state index contributed by atoms with van der Waals surface area (Å²) in [7, 11) is 0. The lowest BCUT2D eigenvalue weighted by molar-refractivity contribution is -0.0959. The Hall–Kier alpha value is -2.08. The Labute approximate surface area is 184 Å². The van der Waals surface area contributed by atoms with Crippen LogP contribution in [0.5, 0.6) is 0 Å². The van der Waals surface area contributed by atoms with E-state index in [9.17, 15) is 5.11 Å². The molecule has 4 nitrogen and oxygen atoms in total. The van der Waals surface area contributed by atoms with Crippen molar-refractivity contribution < 1.29 is 9.84 Å². The van der Waals surface area contributed by atoms with E-state index in [4.69, 9.17) is 9.72 Å². The second-order valence-corrected chi connectivity index (χ2v) is 9.20. The number of aliphatic hydroxyl groups is 1. The van der Waals surface area contributed by atoms with E-state index in [1.54, 1.807) is 11.3 Å². The number of aromatic nitrogens is 2.